The molecule has 116 valence electrons. The number of nitrogens with two attached hydrogens (primary N) is 1. The highest BCUT2D eigenvalue weighted by atomic mass is 35.5. The lowest BCUT2D eigenvalue weighted by molar-refractivity contribution is 0.220. The molecule has 0 amide bonds. The maximum atomic E-state index is 6.39. The van der Waals surface area contributed by atoms with Crippen LogP contribution in [0.15, 0.2) is 12.1 Å². The van der Waals surface area contributed by atoms with Gasteiger partial charge in [-0.25, -0.2) is 0 Å². The molecule has 3 atom stereocenters. The smallest absolute Gasteiger partial charge is 0.125 e. The summed E-state index contributed by atoms with van der Waals surface area (Å²) in [6.07, 6.45) is 8.35. The third-order valence-corrected chi connectivity index (χ3v) is 5.37. The topological polar surface area (TPSA) is 35.2 Å². The monoisotopic (exact) mass is 307 g/mol. The summed E-state index contributed by atoms with van der Waals surface area (Å²) in [5.41, 5.74) is 8.94. The van der Waals surface area contributed by atoms with Gasteiger partial charge in [0.1, 0.15) is 5.75 Å². The second-order valence-electron chi connectivity index (χ2n) is 6.75. The highest BCUT2D eigenvalue weighted by Gasteiger charge is 2.29. The molecule has 2 aliphatic rings. The zero-order chi connectivity index (χ0) is 14.8. The first kappa shape index (κ1) is 15.2. The summed E-state index contributed by atoms with van der Waals surface area (Å²) in [6.45, 7) is 3.07. The Morgan fingerprint density at radius 1 is 1.33 bits per heavy atom. The van der Waals surface area contributed by atoms with Crippen LogP contribution in [0.3, 0.4) is 0 Å². The first-order valence-electron chi connectivity index (χ1n) is 8.37. The fraction of sp³-hybridized carbons (Fsp3) is 0.667. The second kappa shape index (κ2) is 6.58. The molecular formula is C18H26ClNO. The summed E-state index contributed by atoms with van der Waals surface area (Å²) in [5, 5.41) is 0.837. The standard InChI is InChI=1S/C18H26ClNO/c1-2-3-12-4-5-17(20)14(8-12)9-15-11-16(19)10-13-6-7-21-18(13)15/h10-12,14,17H,2-9,20H2,1H3. The third-order valence-electron chi connectivity index (χ3n) is 5.15. The van der Waals surface area contributed by atoms with Crippen molar-refractivity contribution in [3.05, 3.63) is 28.3 Å². The molecule has 3 unspecified atom stereocenters. The van der Waals surface area contributed by atoms with Gasteiger partial charge in [0, 0.05) is 17.5 Å². The molecule has 1 aromatic rings. The van der Waals surface area contributed by atoms with E-state index in [0.29, 0.717) is 12.0 Å². The van der Waals surface area contributed by atoms with Crippen LogP contribution in [0.2, 0.25) is 5.02 Å². The Morgan fingerprint density at radius 3 is 3.00 bits per heavy atom. The van der Waals surface area contributed by atoms with Gasteiger partial charge in [0.25, 0.3) is 0 Å². The summed E-state index contributed by atoms with van der Waals surface area (Å²) in [5.74, 6) is 2.51. The van der Waals surface area contributed by atoms with Crippen molar-refractivity contribution in [2.75, 3.05) is 6.61 Å². The minimum absolute atomic E-state index is 0.328. The lowest BCUT2D eigenvalue weighted by atomic mass is 9.74. The van der Waals surface area contributed by atoms with Crippen molar-refractivity contribution < 1.29 is 4.74 Å². The number of hydrogen-bond acceptors (Lipinski definition) is 2. The van der Waals surface area contributed by atoms with E-state index in [-0.39, 0.29) is 0 Å². The molecule has 3 rings (SSSR count). The van der Waals surface area contributed by atoms with Crippen LogP contribution in [0.5, 0.6) is 5.75 Å². The molecular weight excluding hydrogens is 282 g/mol. The van der Waals surface area contributed by atoms with E-state index in [1.807, 2.05) is 6.07 Å². The van der Waals surface area contributed by atoms with Crippen LogP contribution in [0, 0.1) is 11.8 Å². The number of halogens is 1. The quantitative estimate of drug-likeness (QED) is 0.897. The Bertz CT molecular complexity index is 502. The fourth-order valence-corrected chi connectivity index (χ4v) is 4.33. The summed E-state index contributed by atoms with van der Waals surface area (Å²) in [7, 11) is 0. The Balaban J connectivity index is 1.76. The average Bonchev–Trinajstić information content (AvgIpc) is 2.91. The fourth-order valence-electron chi connectivity index (χ4n) is 4.07. The Labute approximate surface area is 133 Å². The van der Waals surface area contributed by atoms with Gasteiger partial charge in [-0.05, 0) is 60.8 Å². The van der Waals surface area contributed by atoms with E-state index in [1.165, 1.54) is 43.2 Å². The van der Waals surface area contributed by atoms with Gasteiger partial charge in [0.2, 0.25) is 0 Å². The summed E-state index contributed by atoms with van der Waals surface area (Å²) >= 11 is 6.27. The molecule has 1 aromatic carbocycles. The lowest BCUT2D eigenvalue weighted by Crippen LogP contribution is -2.37. The molecule has 2 N–H and O–H groups in total. The van der Waals surface area contributed by atoms with E-state index >= 15 is 0 Å². The average molecular weight is 308 g/mol. The molecule has 1 fully saturated rings. The van der Waals surface area contributed by atoms with Gasteiger partial charge < -0.3 is 10.5 Å². The van der Waals surface area contributed by atoms with Gasteiger partial charge in [0.05, 0.1) is 6.61 Å². The predicted molar refractivity (Wildman–Crippen MR) is 88.1 cm³/mol. The van der Waals surface area contributed by atoms with E-state index in [1.54, 1.807) is 0 Å². The molecule has 1 aliphatic heterocycles. The Morgan fingerprint density at radius 2 is 2.19 bits per heavy atom. The Kier molecular flexibility index (Phi) is 4.75. The Hall–Kier alpha value is -0.730. The van der Waals surface area contributed by atoms with Crippen molar-refractivity contribution in [3.63, 3.8) is 0 Å². The van der Waals surface area contributed by atoms with Crippen molar-refractivity contribution in [3.8, 4) is 5.75 Å². The maximum absolute atomic E-state index is 6.39. The van der Waals surface area contributed by atoms with Crippen molar-refractivity contribution >= 4 is 11.6 Å². The number of benzene rings is 1. The van der Waals surface area contributed by atoms with Crippen molar-refractivity contribution in [2.45, 2.75) is 57.9 Å². The van der Waals surface area contributed by atoms with Crippen LogP contribution < -0.4 is 10.5 Å². The molecule has 0 saturated heterocycles. The summed E-state index contributed by atoms with van der Waals surface area (Å²) < 4.78 is 5.84. The van der Waals surface area contributed by atoms with Crippen LogP contribution in [0.4, 0.5) is 0 Å². The number of rotatable bonds is 4. The van der Waals surface area contributed by atoms with Crippen LogP contribution in [-0.2, 0) is 12.8 Å². The second-order valence-corrected chi connectivity index (χ2v) is 7.18. The highest BCUT2D eigenvalue weighted by molar-refractivity contribution is 6.30. The molecule has 2 nitrogen and oxygen atoms in total. The normalized spacial score (nSPS) is 28.2. The zero-order valence-corrected chi connectivity index (χ0v) is 13.7. The van der Waals surface area contributed by atoms with E-state index < -0.39 is 0 Å². The van der Waals surface area contributed by atoms with Gasteiger partial charge >= 0.3 is 0 Å². The molecule has 0 spiro atoms. The molecule has 0 radical (unpaired) electrons. The number of ether oxygens (including phenoxy) is 1. The van der Waals surface area contributed by atoms with Gasteiger partial charge in [-0.2, -0.15) is 0 Å². The maximum Gasteiger partial charge on any atom is 0.125 e. The molecule has 0 aromatic heterocycles. The van der Waals surface area contributed by atoms with Gasteiger partial charge in [0.15, 0.2) is 0 Å². The van der Waals surface area contributed by atoms with Crippen LogP contribution >= 0.6 is 11.6 Å². The zero-order valence-electron chi connectivity index (χ0n) is 12.9. The van der Waals surface area contributed by atoms with E-state index in [0.717, 1.165) is 36.1 Å². The van der Waals surface area contributed by atoms with Crippen LogP contribution in [0.25, 0.3) is 0 Å². The molecule has 3 heteroatoms. The van der Waals surface area contributed by atoms with Crippen LogP contribution in [-0.4, -0.2) is 12.6 Å². The van der Waals surface area contributed by atoms with Gasteiger partial charge in [-0.1, -0.05) is 31.4 Å². The molecule has 1 saturated carbocycles. The molecule has 21 heavy (non-hydrogen) atoms. The SMILES string of the molecule is CCCC1CCC(N)C(Cc2cc(Cl)cc3c2OCC3)C1. The van der Waals surface area contributed by atoms with E-state index in [9.17, 15) is 0 Å². The molecule has 0 bridgehead atoms. The summed E-state index contributed by atoms with van der Waals surface area (Å²) in [4.78, 5) is 0. The predicted octanol–water partition coefficient (Wildman–Crippen LogP) is 4.36. The van der Waals surface area contributed by atoms with Crippen molar-refractivity contribution in [1.29, 1.82) is 0 Å². The highest BCUT2D eigenvalue weighted by Crippen LogP contribution is 2.38. The van der Waals surface area contributed by atoms with Gasteiger partial charge in [-0.3, -0.25) is 0 Å². The van der Waals surface area contributed by atoms with Crippen molar-refractivity contribution in [2.24, 2.45) is 17.6 Å². The number of hydrogen-bond donors (Lipinski definition) is 1. The largest absolute Gasteiger partial charge is 0.493 e. The first-order chi connectivity index (χ1) is 10.2. The minimum Gasteiger partial charge on any atom is -0.493 e. The minimum atomic E-state index is 0.328. The first-order valence-corrected chi connectivity index (χ1v) is 8.74. The lowest BCUT2D eigenvalue weighted by Gasteiger charge is -2.34. The van der Waals surface area contributed by atoms with E-state index in [2.05, 4.69) is 13.0 Å². The van der Waals surface area contributed by atoms with Gasteiger partial charge in [-0.15, -0.1) is 0 Å². The third kappa shape index (κ3) is 3.37. The van der Waals surface area contributed by atoms with E-state index in [4.69, 9.17) is 22.1 Å². The molecule has 1 aliphatic carbocycles. The number of fused-ring (bicyclic) bond motifs is 1. The van der Waals surface area contributed by atoms with Crippen LogP contribution in [0.1, 0.15) is 50.2 Å². The van der Waals surface area contributed by atoms with Crippen molar-refractivity contribution in [1.82, 2.24) is 0 Å². The summed E-state index contributed by atoms with van der Waals surface area (Å²) in [6, 6.07) is 4.46. The molecule has 1 heterocycles.